The van der Waals surface area contributed by atoms with Gasteiger partial charge in [-0.05, 0) is 34.1 Å². The van der Waals surface area contributed by atoms with Crippen LogP contribution in [0.2, 0.25) is 15.6 Å². The third-order valence-electron chi connectivity index (χ3n) is 8.04. The number of carbonyl (C=O) groups excluding carboxylic acids is 3. The van der Waals surface area contributed by atoms with E-state index < -0.39 is 38.2 Å². The Morgan fingerprint density at radius 1 is 0.828 bits per heavy atom. The number of Topliss-reactive ketones (excluding diaryl/α,β-unsaturated/α-hetero) is 3. The number of carbonyl (C=O) groups is 3. The average Bonchev–Trinajstić information content (AvgIpc) is 2.71. The summed E-state index contributed by atoms with van der Waals surface area (Å²) in [5.74, 6) is -2.31. The molecule has 0 N–H and O–H groups in total. The van der Waals surface area contributed by atoms with Crippen LogP contribution in [0.4, 0.5) is 0 Å². The molecule has 14 radical (unpaired) electrons. The number of hydrogen-bond donors (Lipinski definition) is 0. The quantitative estimate of drug-likeness (QED) is 0.563. The van der Waals surface area contributed by atoms with Crippen molar-refractivity contribution >= 4 is 72.3 Å². The molecule has 0 bridgehead atoms. The normalized spacial score (nSPS) is 44.8. The lowest BCUT2D eigenvalue weighted by molar-refractivity contribution is -0.150. The number of rotatable bonds is 0. The molecule has 0 spiro atoms. The van der Waals surface area contributed by atoms with E-state index in [1.54, 1.807) is 13.8 Å². The highest BCUT2D eigenvalue weighted by atomic mass is 16.1. The van der Waals surface area contributed by atoms with Gasteiger partial charge < -0.3 is 4.79 Å². The maximum Gasteiger partial charge on any atom is 0.138 e. The van der Waals surface area contributed by atoms with Gasteiger partial charge in [-0.15, -0.1) is 0 Å². The van der Waals surface area contributed by atoms with Crippen molar-refractivity contribution in [3.8, 4) is 0 Å². The Morgan fingerprint density at radius 2 is 1.41 bits per heavy atom. The van der Waals surface area contributed by atoms with E-state index in [1.165, 1.54) is 0 Å². The molecular formula is C19H17B7O3. The SMILES string of the molecule is [B]C1=C2C([B])([B])CC3C4CC([B])([B])C(=O)C4(C)CC(=O)C3C2(C)CC([B])([B])C1=O. The second kappa shape index (κ2) is 5.71. The Bertz CT molecular complexity index is 892. The molecular weight excluding hydrogens is 352 g/mol. The third kappa shape index (κ3) is 2.56. The molecule has 3 saturated carbocycles. The van der Waals surface area contributed by atoms with Gasteiger partial charge in [0, 0.05) is 17.8 Å². The van der Waals surface area contributed by atoms with E-state index in [9.17, 15) is 14.4 Å². The lowest BCUT2D eigenvalue weighted by Gasteiger charge is -2.63. The van der Waals surface area contributed by atoms with Gasteiger partial charge in [0.25, 0.3) is 0 Å². The van der Waals surface area contributed by atoms with Gasteiger partial charge in [-0.25, -0.2) is 0 Å². The largest absolute Gasteiger partial charge is 0.300 e. The topological polar surface area (TPSA) is 51.2 Å². The van der Waals surface area contributed by atoms with Crippen LogP contribution < -0.4 is 0 Å². The first-order chi connectivity index (χ1) is 13.0. The molecule has 0 saturated heterocycles. The molecule has 5 unspecified atom stereocenters. The van der Waals surface area contributed by atoms with Crippen LogP contribution in [0.1, 0.15) is 39.5 Å². The zero-order valence-electron chi connectivity index (χ0n) is 16.8. The van der Waals surface area contributed by atoms with Gasteiger partial charge in [0.1, 0.15) is 25.2 Å². The summed E-state index contributed by atoms with van der Waals surface area (Å²) in [7, 11) is 43.5. The number of allylic oxidation sites excluding steroid dienone is 1. The van der Waals surface area contributed by atoms with Crippen molar-refractivity contribution in [2.45, 2.75) is 55.2 Å². The van der Waals surface area contributed by atoms with E-state index in [4.69, 9.17) is 54.9 Å². The molecule has 0 aromatic rings. The Hall–Kier alpha value is -0.795. The first-order valence-corrected chi connectivity index (χ1v) is 9.85. The van der Waals surface area contributed by atoms with E-state index in [1.807, 2.05) is 0 Å². The molecule has 3 nitrogen and oxygen atoms in total. The van der Waals surface area contributed by atoms with Gasteiger partial charge in [-0.1, -0.05) is 42.9 Å². The van der Waals surface area contributed by atoms with E-state index in [-0.39, 0.29) is 54.6 Å². The minimum atomic E-state index is -1.74. The first-order valence-electron chi connectivity index (χ1n) is 9.85. The first kappa shape index (κ1) is 21.4. The Morgan fingerprint density at radius 3 is 2.00 bits per heavy atom. The van der Waals surface area contributed by atoms with Gasteiger partial charge >= 0.3 is 0 Å². The van der Waals surface area contributed by atoms with Crippen LogP contribution in [0, 0.1) is 28.6 Å². The van der Waals surface area contributed by atoms with Crippen molar-refractivity contribution in [1.29, 1.82) is 0 Å². The molecule has 4 aliphatic rings. The summed E-state index contributed by atoms with van der Waals surface area (Å²) in [6, 6.07) is 0. The minimum Gasteiger partial charge on any atom is -0.300 e. The highest BCUT2D eigenvalue weighted by Crippen LogP contribution is 2.71. The molecule has 132 valence electrons. The van der Waals surface area contributed by atoms with E-state index >= 15 is 0 Å². The van der Waals surface area contributed by atoms with E-state index in [0.29, 0.717) is 5.57 Å². The fraction of sp³-hybridized carbons (Fsp3) is 0.737. The molecule has 4 rings (SSSR count). The third-order valence-corrected chi connectivity index (χ3v) is 8.04. The van der Waals surface area contributed by atoms with Crippen molar-refractivity contribution in [1.82, 2.24) is 0 Å². The lowest BCUT2D eigenvalue weighted by atomic mass is 9.28. The molecule has 0 heterocycles. The van der Waals surface area contributed by atoms with Crippen molar-refractivity contribution in [2.24, 2.45) is 28.6 Å². The van der Waals surface area contributed by atoms with Gasteiger partial charge in [0.05, 0.1) is 47.1 Å². The van der Waals surface area contributed by atoms with Gasteiger partial charge in [-0.3, -0.25) is 9.59 Å². The average molecular weight is 369 g/mol. The number of fused-ring (bicyclic) bond motifs is 5. The summed E-state index contributed by atoms with van der Waals surface area (Å²) in [5, 5.41) is -4.70. The Labute approximate surface area is 181 Å². The van der Waals surface area contributed by atoms with Crippen LogP contribution in [-0.2, 0) is 14.4 Å². The number of hydrogen-bond acceptors (Lipinski definition) is 3. The van der Waals surface area contributed by atoms with Crippen molar-refractivity contribution < 1.29 is 14.4 Å². The standard InChI is InChI=1S/C19H17B7O3/c1-15-5-9(27)10-7(8(15)4-18(23,24)14(15)29)3-17(21,22)12-11(20)13(28)19(25,26)6-16(10,12)2/h7-8,10H,3-6H2,1-2H3. The van der Waals surface area contributed by atoms with Crippen molar-refractivity contribution in [2.75, 3.05) is 0 Å². The number of ketones is 3. The van der Waals surface area contributed by atoms with Crippen LogP contribution in [-0.4, -0.2) is 72.3 Å². The van der Waals surface area contributed by atoms with Gasteiger partial charge in [-0.2, -0.15) is 0 Å². The fourth-order valence-electron chi connectivity index (χ4n) is 7.24. The van der Waals surface area contributed by atoms with Crippen LogP contribution in [0.15, 0.2) is 11.0 Å². The molecule has 29 heavy (non-hydrogen) atoms. The predicted octanol–water partition coefficient (Wildman–Crippen LogP) is -0.0481. The monoisotopic (exact) mass is 370 g/mol. The van der Waals surface area contributed by atoms with E-state index in [2.05, 4.69) is 0 Å². The van der Waals surface area contributed by atoms with Crippen LogP contribution >= 0.6 is 0 Å². The molecule has 0 aromatic heterocycles. The van der Waals surface area contributed by atoms with Crippen LogP contribution in [0.3, 0.4) is 0 Å². The Kier molecular flexibility index (Phi) is 4.22. The summed E-state index contributed by atoms with van der Waals surface area (Å²) in [6.07, 6.45) is 0.390. The molecule has 5 atom stereocenters. The summed E-state index contributed by atoms with van der Waals surface area (Å²) in [4.78, 5) is 39.0. The molecule has 0 aromatic carbocycles. The molecule has 4 aliphatic carbocycles. The molecule has 10 heteroatoms. The lowest BCUT2D eigenvalue weighted by Crippen LogP contribution is -2.60. The summed E-state index contributed by atoms with van der Waals surface area (Å²) >= 11 is 0. The van der Waals surface area contributed by atoms with Crippen LogP contribution in [0.25, 0.3) is 0 Å². The van der Waals surface area contributed by atoms with Crippen molar-refractivity contribution in [3.63, 3.8) is 0 Å². The van der Waals surface area contributed by atoms with Crippen LogP contribution in [0.5, 0.6) is 0 Å². The molecule has 3 fully saturated rings. The summed E-state index contributed by atoms with van der Waals surface area (Å²) in [5.41, 5.74) is -1.82. The molecule has 0 aliphatic heterocycles. The smallest absolute Gasteiger partial charge is 0.138 e. The zero-order chi connectivity index (χ0) is 21.9. The molecule has 0 amide bonds. The van der Waals surface area contributed by atoms with E-state index in [0.717, 1.165) is 0 Å². The maximum atomic E-state index is 13.5. The predicted molar refractivity (Wildman–Crippen MR) is 116 cm³/mol. The minimum absolute atomic E-state index is 0.00875. The fourth-order valence-corrected chi connectivity index (χ4v) is 7.24. The van der Waals surface area contributed by atoms with Gasteiger partial charge in [0.2, 0.25) is 0 Å². The van der Waals surface area contributed by atoms with Crippen molar-refractivity contribution in [3.05, 3.63) is 11.0 Å². The zero-order valence-corrected chi connectivity index (χ0v) is 16.8. The Balaban J connectivity index is 1.92. The maximum absolute atomic E-state index is 13.5. The highest BCUT2D eigenvalue weighted by molar-refractivity contribution is 6.59. The highest BCUT2D eigenvalue weighted by Gasteiger charge is 2.68. The summed E-state index contributed by atoms with van der Waals surface area (Å²) < 4.78 is 0. The second-order valence-electron chi connectivity index (χ2n) is 10.4. The second-order valence-corrected chi connectivity index (χ2v) is 10.4. The van der Waals surface area contributed by atoms with Gasteiger partial charge in [0.15, 0.2) is 0 Å². The summed E-state index contributed by atoms with van der Waals surface area (Å²) in [6.45, 7) is 3.53.